The van der Waals surface area contributed by atoms with Gasteiger partial charge in [0, 0.05) is 17.2 Å². The highest BCUT2D eigenvalue weighted by molar-refractivity contribution is 6.17. The van der Waals surface area contributed by atoms with Crippen LogP contribution in [0.15, 0.2) is 65.7 Å². The summed E-state index contributed by atoms with van der Waals surface area (Å²) in [6, 6.07) is 20.3. The number of anilines is 1. The first-order valence-corrected chi connectivity index (χ1v) is 17.0. The Morgan fingerprint density at radius 3 is 2.19 bits per heavy atom. The molecule has 2 aromatic carbocycles. The lowest BCUT2D eigenvalue weighted by Crippen LogP contribution is -2.50. The van der Waals surface area contributed by atoms with Crippen molar-refractivity contribution < 1.29 is 19.1 Å². The van der Waals surface area contributed by atoms with Gasteiger partial charge in [-0.15, -0.1) is 0 Å². The minimum atomic E-state index is -0.751. The molecule has 0 bridgehead atoms. The Morgan fingerprint density at radius 2 is 1.53 bits per heavy atom. The predicted octanol–water partition coefficient (Wildman–Crippen LogP) is 8.71. The number of amides is 2. The van der Waals surface area contributed by atoms with Crippen LogP contribution in [-0.4, -0.2) is 57.3 Å². The minimum absolute atomic E-state index is 0.184. The molecule has 1 fully saturated rings. The van der Waals surface area contributed by atoms with Crippen molar-refractivity contribution in [1.82, 2.24) is 14.9 Å². The fraction of sp³-hybridized carbons (Fsp3) is 0.500. The van der Waals surface area contributed by atoms with Gasteiger partial charge in [0.1, 0.15) is 17.0 Å². The largest absolute Gasteiger partial charge is 0.443 e. The molecule has 0 saturated heterocycles. The Bertz CT molecular complexity index is 1550. The molecule has 250 valence electrons. The van der Waals surface area contributed by atoms with Crippen LogP contribution >= 0.6 is 0 Å². The Labute approximate surface area is 279 Å². The lowest BCUT2D eigenvalue weighted by molar-refractivity contribution is 0.0379. The van der Waals surface area contributed by atoms with Crippen LogP contribution in [0.2, 0.25) is 0 Å². The molecule has 2 heterocycles. The summed E-state index contributed by atoms with van der Waals surface area (Å²) in [5, 5.41) is 0. The Morgan fingerprint density at radius 1 is 0.851 bits per heavy atom. The topological polar surface area (TPSA) is 97.2 Å². The molecule has 1 aliphatic carbocycles. The maximum atomic E-state index is 13.6. The van der Waals surface area contributed by atoms with E-state index in [9.17, 15) is 9.59 Å². The molecule has 0 unspecified atom stereocenters. The molecule has 1 saturated carbocycles. The van der Waals surface area contributed by atoms with E-state index in [0.29, 0.717) is 24.7 Å². The molecule has 0 atom stereocenters. The summed E-state index contributed by atoms with van der Waals surface area (Å²) >= 11 is 0. The van der Waals surface area contributed by atoms with Gasteiger partial charge in [-0.3, -0.25) is 0 Å². The smallest absolute Gasteiger partial charge is 0.421 e. The van der Waals surface area contributed by atoms with Gasteiger partial charge in [-0.1, -0.05) is 61.7 Å². The lowest BCUT2D eigenvalue weighted by Gasteiger charge is -2.31. The van der Waals surface area contributed by atoms with Crippen LogP contribution in [0, 0.1) is 0 Å². The van der Waals surface area contributed by atoms with E-state index in [-0.39, 0.29) is 5.96 Å². The average Bonchev–Trinajstić information content (AvgIpc) is 3.50. The number of rotatable bonds is 7. The molecule has 47 heavy (non-hydrogen) atoms. The number of carbonyl (C=O) groups excluding carboxylic acids is 2. The number of hydrogen-bond donors (Lipinski definition) is 0. The molecule has 1 aromatic heterocycles. The second-order valence-electron chi connectivity index (χ2n) is 14.5. The fourth-order valence-corrected chi connectivity index (χ4v) is 5.96. The van der Waals surface area contributed by atoms with Gasteiger partial charge in [0.25, 0.3) is 0 Å². The van der Waals surface area contributed by atoms with E-state index < -0.39 is 23.4 Å². The van der Waals surface area contributed by atoms with Crippen LogP contribution in [0.1, 0.15) is 103 Å². The van der Waals surface area contributed by atoms with Gasteiger partial charge >= 0.3 is 12.2 Å². The third-order valence-electron chi connectivity index (χ3n) is 8.14. The van der Waals surface area contributed by atoms with Crippen LogP contribution in [0.25, 0.3) is 11.3 Å². The van der Waals surface area contributed by atoms with E-state index in [0.717, 1.165) is 54.9 Å². The number of guanidine groups is 1. The highest BCUT2D eigenvalue weighted by atomic mass is 16.6. The molecule has 2 amide bonds. The summed E-state index contributed by atoms with van der Waals surface area (Å²) in [5.41, 5.74) is 3.27. The third kappa shape index (κ3) is 9.40. The summed E-state index contributed by atoms with van der Waals surface area (Å²) < 4.78 is 11.4. The van der Waals surface area contributed by atoms with Crippen LogP contribution in [0.4, 0.5) is 15.3 Å². The highest BCUT2D eigenvalue weighted by Gasteiger charge is 2.37. The summed E-state index contributed by atoms with van der Waals surface area (Å²) in [4.78, 5) is 44.2. The fourth-order valence-electron chi connectivity index (χ4n) is 5.96. The normalized spacial score (nSPS) is 15.7. The van der Waals surface area contributed by atoms with E-state index in [1.807, 2.05) is 71.9 Å². The number of aryl methyl sites for hydroxylation is 2. The molecule has 3 aromatic rings. The Balaban J connectivity index is 1.44. The van der Waals surface area contributed by atoms with E-state index in [4.69, 9.17) is 19.4 Å². The van der Waals surface area contributed by atoms with Crippen molar-refractivity contribution in [1.29, 1.82) is 0 Å². The first-order chi connectivity index (χ1) is 22.4. The molecule has 1 aliphatic heterocycles. The minimum Gasteiger partial charge on any atom is -0.443 e. The van der Waals surface area contributed by atoms with Crippen molar-refractivity contribution in [2.45, 2.75) is 110 Å². The van der Waals surface area contributed by atoms with Crippen molar-refractivity contribution >= 4 is 23.8 Å². The molecule has 2 aliphatic rings. The zero-order valence-electron chi connectivity index (χ0n) is 28.8. The first-order valence-electron chi connectivity index (χ1n) is 17.0. The zero-order chi connectivity index (χ0) is 33.6. The summed E-state index contributed by atoms with van der Waals surface area (Å²) in [5.74, 6) is 1.49. The van der Waals surface area contributed by atoms with Crippen molar-refractivity contribution in [3.05, 3.63) is 77.7 Å². The molecule has 0 spiro atoms. The molecule has 0 N–H and O–H groups in total. The van der Waals surface area contributed by atoms with Crippen molar-refractivity contribution in [3.63, 3.8) is 0 Å². The SMILES string of the molecule is CC(C)(C)OC(=O)N1CCN=C1N(C(=O)OC(C)(C)C)c1ccc(-c2cc(CCCc3ccccc3)nc(C3CCCCC3)n2)cc1. The zero-order valence-corrected chi connectivity index (χ0v) is 28.8. The van der Waals surface area contributed by atoms with Crippen LogP contribution < -0.4 is 4.90 Å². The van der Waals surface area contributed by atoms with Gasteiger partial charge in [-0.05, 0) is 97.4 Å². The van der Waals surface area contributed by atoms with E-state index >= 15 is 0 Å². The third-order valence-corrected chi connectivity index (χ3v) is 8.14. The molecule has 9 heteroatoms. The first kappa shape index (κ1) is 34.1. The maximum Gasteiger partial charge on any atom is 0.421 e. The van der Waals surface area contributed by atoms with Crippen molar-refractivity contribution in [2.75, 3.05) is 18.0 Å². The highest BCUT2D eigenvalue weighted by Crippen LogP contribution is 2.33. The van der Waals surface area contributed by atoms with E-state index in [1.54, 1.807) is 0 Å². The Hall–Kier alpha value is -4.27. The van der Waals surface area contributed by atoms with Gasteiger partial charge in [-0.25, -0.2) is 34.3 Å². The summed E-state index contributed by atoms with van der Waals surface area (Å²) in [7, 11) is 0. The van der Waals surface area contributed by atoms with Gasteiger partial charge in [0.2, 0.25) is 5.96 Å². The summed E-state index contributed by atoms with van der Waals surface area (Å²) in [6.07, 6.45) is 7.61. The van der Waals surface area contributed by atoms with E-state index in [2.05, 4.69) is 35.3 Å². The molecular weight excluding hydrogens is 590 g/mol. The van der Waals surface area contributed by atoms with Crippen LogP contribution in [0.3, 0.4) is 0 Å². The van der Waals surface area contributed by atoms with Gasteiger partial charge < -0.3 is 9.47 Å². The maximum absolute atomic E-state index is 13.6. The number of aromatic nitrogens is 2. The van der Waals surface area contributed by atoms with Gasteiger partial charge in [0.15, 0.2) is 0 Å². The second-order valence-corrected chi connectivity index (χ2v) is 14.5. The molecule has 0 radical (unpaired) electrons. The lowest BCUT2D eigenvalue weighted by atomic mass is 9.88. The Kier molecular flexibility index (Phi) is 10.6. The number of aliphatic imine (C=N–C) groups is 1. The van der Waals surface area contributed by atoms with Crippen LogP contribution in [-0.2, 0) is 22.3 Å². The van der Waals surface area contributed by atoms with Gasteiger partial charge in [-0.2, -0.15) is 0 Å². The number of ether oxygens (including phenoxy) is 2. The van der Waals surface area contributed by atoms with Crippen LogP contribution in [0.5, 0.6) is 0 Å². The molecular formula is C38H49N5O4. The predicted molar refractivity (Wildman–Crippen MR) is 186 cm³/mol. The quantitative estimate of drug-likeness (QED) is 0.257. The summed E-state index contributed by atoms with van der Waals surface area (Å²) in [6.45, 7) is 11.5. The number of hydrogen-bond acceptors (Lipinski definition) is 7. The van der Waals surface area contributed by atoms with Crippen molar-refractivity contribution in [2.24, 2.45) is 4.99 Å². The van der Waals surface area contributed by atoms with Crippen molar-refractivity contribution in [3.8, 4) is 11.3 Å². The average molecular weight is 640 g/mol. The second kappa shape index (κ2) is 14.7. The number of carbonyl (C=O) groups is 2. The molecule has 9 nitrogen and oxygen atoms in total. The number of nitrogens with zero attached hydrogens (tertiary/aromatic N) is 5. The van der Waals surface area contributed by atoms with Gasteiger partial charge in [0.05, 0.1) is 24.5 Å². The monoisotopic (exact) mass is 639 g/mol. The number of benzene rings is 2. The molecule has 5 rings (SSSR count). The standard InChI is InChI=1S/C38H49N5O4/c1-37(2,3)46-35(44)42-25-24-39-34(42)43(36(45)47-38(4,5)6)31-22-20-28(21-23-31)32-26-30(19-13-16-27-14-9-7-10-15-27)40-33(41-32)29-17-11-8-12-18-29/h7,9-10,14-15,20-23,26,29H,8,11-13,16-19,24-25H2,1-6H3. The van der Waals surface area contributed by atoms with E-state index in [1.165, 1.54) is 34.6 Å².